The quantitative estimate of drug-likeness (QED) is 0.335. The van der Waals surface area contributed by atoms with Crippen LogP contribution in [0.25, 0.3) is 0 Å². The fraction of sp³-hybridized carbons (Fsp3) is 0.478. The molecule has 0 fully saturated rings. The van der Waals surface area contributed by atoms with Crippen molar-refractivity contribution >= 4 is 10.1 Å². The van der Waals surface area contributed by atoms with Crippen LogP contribution in [0.5, 0.6) is 0 Å². The lowest BCUT2D eigenvalue weighted by Gasteiger charge is -2.23. The average molecular weight is 421 g/mol. The zero-order chi connectivity index (χ0) is 21.8. The van der Waals surface area contributed by atoms with Gasteiger partial charge in [-0.05, 0) is 46.6 Å². The van der Waals surface area contributed by atoms with Crippen molar-refractivity contribution in [1.29, 1.82) is 0 Å². The lowest BCUT2D eigenvalue weighted by molar-refractivity contribution is 0.0740. The van der Waals surface area contributed by atoms with Gasteiger partial charge in [0.2, 0.25) is 0 Å². The smallest absolute Gasteiger partial charge is 0.297 e. The fourth-order valence-corrected chi connectivity index (χ4v) is 4.75. The van der Waals surface area contributed by atoms with Gasteiger partial charge in [0.1, 0.15) is 17.3 Å². The number of benzene rings is 1. The summed E-state index contributed by atoms with van der Waals surface area (Å²) < 4.78 is 42.8. The molecular formula is C23H32O5S. The first kappa shape index (κ1) is 23.2. The standard InChI is InChI=1S/C23H32O5S/c1-8-26-22(21-10-9-11-27-21)14-28-29(24,25)23-19(16(4)5)12-18(15(2)3)13-20(23)17(6)7/h8-13,15-17,22H,1,14H2,2-7H3/t22-/m0/s1. The second kappa shape index (κ2) is 9.63. The molecule has 0 spiro atoms. The van der Waals surface area contributed by atoms with Crippen LogP contribution in [0.3, 0.4) is 0 Å². The van der Waals surface area contributed by atoms with Crippen LogP contribution in [-0.2, 0) is 19.0 Å². The molecule has 1 heterocycles. The first-order valence-electron chi connectivity index (χ1n) is 9.95. The Morgan fingerprint density at radius 3 is 2.03 bits per heavy atom. The summed E-state index contributed by atoms with van der Waals surface area (Å²) in [4.78, 5) is 0.267. The molecule has 0 bridgehead atoms. The van der Waals surface area contributed by atoms with Gasteiger partial charge in [0.15, 0.2) is 6.10 Å². The average Bonchev–Trinajstić information content (AvgIpc) is 3.18. The summed E-state index contributed by atoms with van der Waals surface area (Å²) in [5, 5.41) is 0. The minimum atomic E-state index is -4.01. The number of hydrogen-bond donors (Lipinski definition) is 0. The van der Waals surface area contributed by atoms with E-state index in [4.69, 9.17) is 13.3 Å². The van der Waals surface area contributed by atoms with Gasteiger partial charge < -0.3 is 9.15 Å². The molecule has 0 amide bonds. The van der Waals surface area contributed by atoms with Gasteiger partial charge in [0.25, 0.3) is 10.1 Å². The predicted molar refractivity (Wildman–Crippen MR) is 115 cm³/mol. The molecule has 2 aromatic rings. The third-order valence-electron chi connectivity index (χ3n) is 4.82. The second-order valence-electron chi connectivity index (χ2n) is 8.04. The first-order chi connectivity index (χ1) is 13.6. The van der Waals surface area contributed by atoms with Crippen LogP contribution < -0.4 is 0 Å². The van der Waals surface area contributed by atoms with Crippen LogP contribution in [0.15, 0.2) is 52.7 Å². The highest BCUT2D eigenvalue weighted by molar-refractivity contribution is 7.86. The highest BCUT2D eigenvalue weighted by Gasteiger charge is 2.29. The summed E-state index contributed by atoms with van der Waals surface area (Å²) in [7, 11) is -4.01. The minimum Gasteiger partial charge on any atom is -0.488 e. The van der Waals surface area contributed by atoms with E-state index in [1.807, 2.05) is 39.8 Å². The van der Waals surface area contributed by atoms with Gasteiger partial charge in [-0.1, -0.05) is 60.3 Å². The van der Waals surface area contributed by atoms with Crippen LogP contribution in [-0.4, -0.2) is 15.0 Å². The Balaban J connectivity index is 2.48. The van der Waals surface area contributed by atoms with E-state index >= 15 is 0 Å². The monoisotopic (exact) mass is 420 g/mol. The largest absolute Gasteiger partial charge is 0.488 e. The zero-order valence-electron chi connectivity index (χ0n) is 18.1. The second-order valence-corrected chi connectivity index (χ2v) is 9.59. The Morgan fingerprint density at radius 1 is 1.03 bits per heavy atom. The minimum absolute atomic E-state index is 0.0323. The maximum absolute atomic E-state index is 13.3. The van der Waals surface area contributed by atoms with Crippen molar-refractivity contribution in [2.75, 3.05) is 6.61 Å². The van der Waals surface area contributed by atoms with E-state index in [1.165, 1.54) is 12.5 Å². The molecule has 6 heteroatoms. The number of ether oxygens (including phenoxy) is 1. The number of hydrogen-bond acceptors (Lipinski definition) is 5. The molecule has 0 radical (unpaired) electrons. The Hall–Kier alpha value is -2.05. The van der Waals surface area contributed by atoms with Gasteiger partial charge in [-0.3, -0.25) is 4.18 Å². The lowest BCUT2D eigenvalue weighted by atomic mass is 9.89. The van der Waals surface area contributed by atoms with Gasteiger partial charge in [-0.25, -0.2) is 0 Å². The van der Waals surface area contributed by atoms with Crippen molar-refractivity contribution < 1.29 is 21.8 Å². The van der Waals surface area contributed by atoms with Gasteiger partial charge in [0, 0.05) is 0 Å². The van der Waals surface area contributed by atoms with Gasteiger partial charge in [-0.2, -0.15) is 8.42 Å². The summed E-state index contributed by atoms with van der Waals surface area (Å²) in [6, 6.07) is 7.39. The van der Waals surface area contributed by atoms with Crippen molar-refractivity contribution in [3.63, 3.8) is 0 Å². The van der Waals surface area contributed by atoms with Crippen molar-refractivity contribution in [3.05, 3.63) is 65.8 Å². The molecule has 0 aliphatic rings. The third-order valence-corrected chi connectivity index (χ3v) is 6.24. The lowest BCUT2D eigenvalue weighted by Crippen LogP contribution is -2.18. The topological polar surface area (TPSA) is 65.7 Å². The molecule has 1 atom stereocenters. The maximum Gasteiger partial charge on any atom is 0.297 e. The number of rotatable bonds is 10. The van der Waals surface area contributed by atoms with Crippen molar-refractivity contribution in [3.8, 4) is 0 Å². The Bertz CT molecular complexity index is 880. The molecule has 0 aliphatic carbocycles. The zero-order valence-corrected chi connectivity index (χ0v) is 19.0. The van der Waals surface area contributed by atoms with Gasteiger partial charge in [0.05, 0.1) is 12.5 Å². The third kappa shape index (κ3) is 5.52. The van der Waals surface area contributed by atoms with Crippen LogP contribution in [0.1, 0.15) is 87.9 Å². The molecule has 0 aliphatic heterocycles. The highest BCUT2D eigenvalue weighted by Crippen LogP contribution is 2.36. The normalized spacial score (nSPS) is 13.3. The predicted octanol–water partition coefficient (Wildman–Crippen LogP) is 6.26. The molecule has 0 saturated carbocycles. The van der Waals surface area contributed by atoms with Gasteiger partial charge in [-0.15, -0.1) is 0 Å². The van der Waals surface area contributed by atoms with Crippen LogP contribution in [0.2, 0.25) is 0 Å². The molecule has 0 N–H and O–H groups in total. The Labute approximate surface area is 174 Å². The molecule has 5 nitrogen and oxygen atoms in total. The Kier molecular flexibility index (Phi) is 7.72. The van der Waals surface area contributed by atoms with E-state index in [-0.39, 0.29) is 23.3 Å². The molecule has 2 rings (SSSR count). The summed E-state index contributed by atoms with van der Waals surface area (Å²) in [5.74, 6) is 0.838. The molecule has 29 heavy (non-hydrogen) atoms. The van der Waals surface area contributed by atoms with E-state index in [2.05, 4.69) is 20.4 Å². The van der Waals surface area contributed by atoms with E-state index in [0.717, 1.165) is 16.7 Å². The highest BCUT2D eigenvalue weighted by atomic mass is 32.2. The van der Waals surface area contributed by atoms with E-state index < -0.39 is 16.2 Å². The van der Waals surface area contributed by atoms with Crippen LogP contribution in [0, 0.1) is 0 Å². The number of furan rings is 1. The Morgan fingerprint density at radius 2 is 1.62 bits per heavy atom. The summed E-state index contributed by atoms with van der Waals surface area (Å²) in [6.45, 7) is 15.5. The molecular weight excluding hydrogens is 388 g/mol. The summed E-state index contributed by atoms with van der Waals surface area (Å²) >= 11 is 0. The molecule has 1 aromatic carbocycles. The van der Waals surface area contributed by atoms with Crippen LogP contribution in [0.4, 0.5) is 0 Å². The van der Waals surface area contributed by atoms with Gasteiger partial charge >= 0.3 is 0 Å². The molecule has 0 saturated heterocycles. The van der Waals surface area contributed by atoms with Crippen molar-refractivity contribution in [1.82, 2.24) is 0 Å². The SMILES string of the molecule is C=CO[C@@H](COS(=O)(=O)c1c(C(C)C)cc(C(C)C)cc1C(C)C)c1ccco1. The summed E-state index contributed by atoms with van der Waals surface area (Å²) in [6.07, 6.45) is 2.05. The fourth-order valence-electron chi connectivity index (χ4n) is 3.17. The van der Waals surface area contributed by atoms with Crippen molar-refractivity contribution in [2.45, 2.75) is 70.3 Å². The van der Waals surface area contributed by atoms with E-state index in [0.29, 0.717) is 11.7 Å². The molecule has 0 unspecified atom stereocenters. The van der Waals surface area contributed by atoms with E-state index in [9.17, 15) is 8.42 Å². The first-order valence-corrected chi connectivity index (χ1v) is 11.4. The maximum atomic E-state index is 13.3. The molecule has 1 aromatic heterocycles. The van der Waals surface area contributed by atoms with Crippen LogP contribution >= 0.6 is 0 Å². The molecule has 160 valence electrons. The van der Waals surface area contributed by atoms with Crippen molar-refractivity contribution in [2.24, 2.45) is 0 Å². The summed E-state index contributed by atoms with van der Waals surface area (Å²) in [5.41, 5.74) is 2.68. The van der Waals surface area contributed by atoms with E-state index in [1.54, 1.807) is 12.1 Å².